The predicted molar refractivity (Wildman–Crippen MR) is 52.2 cm³/mol. The molecule has 84 valence electrons. The van der Waals surface area contributed by atoms with Crippen molar-refractivity contribution in [2.45, 2.75) is 38.5 Å². The molecule has 0 unspecified atom stereocenters. The maximum absolute atomic E-state index is 11.7. The minimum atomic E-state index is -0.805. The number of rotatable bonds is 2. The molecule has 1 saturated carbocycles. The Balaban J connectivity index is 2.18. The van der Waals surface area contributed by atoms with Gasteiger partial charge in [-0.3, -0.25) is 9.59 Å². The number of cyclic esters (lactones) is 1. The van der Waals surface area contributed by atoms with E-state index in [0.29, 0.717) is 13.0 Å². The quantitative estimate of drug-likeness (QED) is 0.706. The molecule has 2 fully saturated rings. The van der Waals surface area contributed by atoms with Crippen LogP contribution in [0.3, 0.4) is 0 Å². The van der Waals surface area contributed by atoms with Gasteiger partial charge in [0.15, 0.2) is 0 Å². The number of aliphatic carboxylic acids is 1. The zero-order valence-electron chi connectivity index (χ0n) is 8.70. The molecular weight excluding hydrogens is 196 g/mol. The maximum Gasteiger partial charge on any atom is 0.312 e. The molecule has 0 bridgehead atoms. The SMILES string of the molecule is O=C(O)C[C@@H]1CCCC[C@]12CCOC2=O. The summed E-state index contributed by atoms with van der Waals surface area (Å²) < 4.78 is 5.03. The van der Waals surface area contributed by atoms with Gasteiger partial charge in [-0.05, 0) is 25.2 Å². The molecule has 1 aliphatic carbocycles. The van der Waals surface area contributed by atoms with Crippen LogP contribution >= 0.6 is 0 Å². The average molecular weight is 212 g/mol. The fraction of sp³-hybridized carbons (Fsp3) is 0.818. The van der Waals surface area contributed by atoms with Gasteiger partial charge in [-0.2, -0.15) is 0 Å². The van der Waals surface area contributed by atoms with Crippen molar-refractivity contribution in [1.82, 2.24) is 0 Å². The van der Waals surface area contributed by atoms with E-state index >= 15 is 0 Å². The molecular formula is C11H16O4. The van der Waals surface area contributed by atoms with Crippen molar-refractivity contribution in [1.29, 1.82) is 0 Å². The Morgan fingerprint density at radius 2 is 2.27 bits per heavy atom. The van der Waals surface area contributed by atoms with Crippen LogP contribution in [0.4, 0.5) is 0 Å². The summed E-state index contributed by atoms with van der Waals surface area (Å²) in [7, 11) is 0. The molecule has 0 radical (unpaired) electrons. The van der Waals surface area contributed by atoms with Crippen molar-refractivity contribution in [2.24, 2.45) is 11.3 Å². The molecule has 0 aromatic heterocycles. The lowest BCUT2D eigenvalue weighted by molar-refractivity contribution is -0.152. The van der Waals surface area contributed by atoms with Crippen molar-refractivity contribution in [3.05, 3.63) is 0 Å². The van der Waals surface area contributed by atoms with E-state index in [-0.39, 0.29) is 18.3 Å². The molecule has 2 atom stereocenters. The van der Waals surface area contributed by atoms with Crippen LogP contribution in [0.2, 0.25) is 0 Å². The molecule has 4 nitrogen and oxygen atoms in total. The molecule has 1 saturated heterocycles. The Hall–Kier alpha value is -1.06. The summed E-state index contributed by atoms with van der Waals surface area (Å²) in [5, 5.41) is 8.84. The molecule has 2 aliphatic rings. The molecule has 0 aromatic carbocycles. The van der Waals surface area contributed by atoms with Gasteiger partial charge in [0.1, 0.15) is 0 Å². The standard InChI is InChI=1S/C11H16O4/c12-9(13)7-8-3-1-2-4-11(8)5-6-15-10(11)14/h8H,1-7H2,(H,12,13)/t8-,11-/m0/s1. The molecule has 1 aliphatic heterocycles. The summed E-state index contributed by atoms with van der Waals surface area (Å²) in [5.74, 6) is -0.979. The van der Waals surface area contributed by atoms with Gasteiger partial charge in [0.25, 0.3) is 0 Å². The topological polar surface area (TPSA) is 63.6 Å². The second-order valence-corrected chi connectivity index (χ2v) is 4.58. The summed E-state index contributed by atoms with van der Waals surface area (Å²) in [4.78, 5) is 22.5. The Morgan fingerprint density at radius 3 is 2.87 bits per heavy atom. The van der Waals surface area contributed by atoms with Crippen LogP contribution in [0, 0.1) is 11.3 Å². The summed E-state index contributed by atoms with van der Waals surface area (Å²) >= 11 is 0. The number of esters is 1. The minimum Gasteiger partial charge on any atom is -0.481 e. The predicted octanol–water partition coefficient (Wildman–Crippen LogP) is 1.58. The highest BCUT2D eigenvalue weighted by atomic mass is 16.5. The molecule has 1 N–H and O–H groups in total. The van der Waals surface area contributed by atoms with Gasteiger partial charge in [-0.15, -0.1) is 0 Å². The van der Waals surface area contributed by atoms with Crippen molar-refractivity contribution < 1.29 is 19.4 Å². The van der Waals surface area contributed by atoms with Gasteiger partial charge in [0.2, 0.25) is 0 Å². The van der Waals surface area contributed by atoms with Crippen molar-refractivity contribution in [3.63, 3.8) is 0 Å². The summed E-state index contributed by atoms with van der Waals surface area (Å²) in [5.41, 5.74) is -0.462. The number of ether oxygens (including phenoxy) is 1. The molecule has 1 spiro atoms. The van der Waals surface area contributed by atoms with Gasteiger partial charge < -0.3 is 9.84 Å². The van der Waals surface area contributed by atoms with Gasteiger partial charge in [0.05, 0.1) is 12.0 Å². The van der Waals surface area contributed by atoms with E-state index < -0.39 is 11.4 Å². The Morgan fingerprint density at radius 1 is 1.47 bits per heavy atom. The molecule has 15 heavy (non-hydrogen) atoms. The van der Waals surface area contributed by atoms with E-state index in [9.17, 15) is 9.59 Å². The number of carbonyl (C=O) groups is 2. The zero-order chi connectivity index (χ0) is 10.9. The van der Waals surface area contributed by atoms with Gasteiger partial charge in [-0.25, -0.2) is 0 Å². The van der Waals surface area contributed by atoms with E-state index in [0.717, 1.165) is 25.7 Å². The number of hydrogen-bond acceptors (Lipinski definition) is 3. The first-order valence-corrected chi connectivity index (χ1v) is 5.54. The third-order valence-electron chi connectivity index (χ3n) is 3.82. The third kappa shape index (κ3) is 1.73. The van der Waals surface area contributed by atoms with Gasteiger partial charge in [0, 0.05) is 6.42 Å². The Kier molecular flexibility index (Phi) is 2.67. The van der Waals surface area contributed by atoms with Crippen molar-refractivity contribution in [3.8, 4) is 0 Å². The fourth-order valence-corrected chi connectivity index (χ4v) is 2.99. The number of carboxylic acids is 1. The molecule has 2 rings (SSSR count). The first-order chi connectivity index (χ1) is 7.15. The monoisotopic (exact) mass is 212 g/mol. The van der Waals surface area contributed by atoms with Crippen LogP contribution in [0.5, 0.6) is 0 Å². The van der Waals surface area contributed by atoms with Crippen LogP contribution in [0.1, 0.15) is 38.5 Å². The van der Waals surface area contributed by atoms with E-state index in [2.05, 4.69) is 0 Å². The summed E-state index contributed by atoms with van der Waals surface area (Å²) in [6.07, 6.45) is 4.53. The Bertz CT molecular complexity index is 286. The van der Waals surface area contributed by atoms with E-state index in [1.54, 1.807) is 0 Å². The summed E-state index contributed by atoms with van der Waals surface area (Å²) in [6.45, 7) is 0.467. The molecule has 0 aromatic rings. The van der Waals surface area contributed by atoms with E-state index in [1.807, 2.05) is 0 Å². The first-order valence-electron chi connectivity index (χ1n) is 5.54. The molecule has 1 heterocycles. The van der Waals surface area contributed by atoms with Crippen molar-refractivity contribution >= 4 is 11.9 Å². The fourth-order valence-electron chi connectivity index (χ4n) is 2.99. The second kappa shape index (κ2) is 3.83. The molecule has 0 amide bonds. The lowest BCUT2D eigenvalue weighted by atomic mass is 9.64. The van der Waals surface area contributed by atoms with Crippen LogP contribution in [-0.2, 0) is 14.3 Å². The number of hydrogen-bond donors (Lipinski definition) is 1. The Labute approximate surface area is 88.6 Å². The van der Waals surface area contributed by atoms with Crippen LogP contribution in [0.25, 0.3) is 0 Å². The maximum atomic E-state index is 11.7. The summed E-state index contributed by atoms with van der Waals surface area (Å²) in [6, 6.07) is 0. The number of carbonyl (C=O) groups excluding carboxylic acids is 1. The smallest absolute Gasteiger partial charge is 0.312 e. The zero-order valence-corrected chi connectivity index (χ0v) is 8.70. The highest BCUT2D eigenvalue weighted by Gasteiger charge is 2.51. The average Bonchev–Trinajstić information content (AvgIpc) is 2.53. The van der Waals surface area contributed by atoms with E-state index in [1.165, 1.54) is 0 Å². The van der Waals surface area contributed by atoms with Gasteiger partial charge >= 0.3 is 11.9 Å². The first kappa shape index (κ1) is 10.5. The van der Waals surface area contributed by atoms with Crippen LogP contribution < -0.4 is 0 Å². The molecule has 4 heteroatoms. The highest BCUT2D eigenvalue weighted by molar-refractivity contribution is 5.80. The highest BCUT2D eigenvalue weighted by Crippen LogP contribution is 2.49. The van der Waals surface area contributed by atoms with Crippen LogP contribution in [0.15, 0.2) is 0 Å². The lowest BCUT2D eigenvalue weighted by Crippen LogP contribution is -2.39. The minimum absolute atomic E-state index is 0.0150. The van der Waals surface area contributed by atoms with Crippen molar-refractivity contribution in [2.75, 3.05) is 6.61 Å². The van der Waals surface area contributed by atoms with Crippen LogP contribution in [-0.4, -0.2) is 23.7 Å². The largest absolute Gasteiger partial charge is 0.481 e. The normalized spacial score (nSPS) is 35.5. The third-order valence-corrected chi connectivity index (χ3v) is 3.82. The second-order valence-electron chi connectivity index (χ2n) is 4.58. The van der Waals surface area contributed by atoms with E-state index in [4.69, 9.17) is 9.84 Å². The number of carboxylic acid groups (broad SMARTS) is 1. The van der Waals surface area contributed by atoms with Gasteiger partial charge in [-0.1, -0.05) is 12.8 Å². The lowest BCUT2D eigenvalue weighted by Gasteiger charge is -2.37.